The lowest BCUT2D eigenvalue weighted by atomic mass is 10.1. The SMILES string of the molecule is COc1ccc(/C=N/OCC(=O)OC2CCCN(c3cc(C#N)ccn3)C2)cc1. The molecule has 1 fully saturated rings. The van der Waals surface area contributed by atoms with Crippen LogP contribution in [0.25, 0.3) is 0 Å². The summed E-state index contributed by atoms with van der Waals surface area (Å²) >= 11 is 0. The second-order valence-electron chi connectivity index (χ2n) is 6.50. The Balaban J connectivity index is 1.44. The van der Waals surface area contributed by atoms with Gasteiger partial charge >= 0.3 is 5.97 Å². The van der Waals surface area contributed by atoms with Crippen LogP contribution >= 0.6 is 0 Å². The topological polar surface area (TPSA) is 97.0 Å². The molecule has 3 rings (SSSR count). The van der Waals surface area contributed by atoms with Gasteiger partial charge in [0.05, 0.1) is 31.5 Å². The summed E-state index contributed by atoms with van der Waals surface area (Å²) in [5.41, 5.74) is 1.38. The first-order valence-corrected chi connectivity index (χ1v) is 9.28. The third-order valence-corrected chi connectivity index (χ3v) is 4.45. The van der Waals surface area contributed by atoms with Crippen molar-refractivity contribution in [2.45, 2.75) is 18.9 Å². The van der Waals surface area contributed by atoms with E-state index in [0.717, 1.165) is 30.7 Å². The Morgan fingerprint density at radius 2 is 2.21 bits per heavy atom. The number of piperidine rings is 1. The highest BCUT2D eigenvalue weighted by molar-refractivity contribution is 5.79. The lowest BCUT2D eigenvalue weighted by molar-refractivity contribution is -0.154. The van der Waals surface area contributed by atoms with Gasteiger partial charge in [-0.25, -0.2) is 9.78 Å². The van der Waals surface area contributed by atoms with Crippen LogP contribution in [0.5, 0.6) is 5.75 Å². The van der Waals surface area contributed by atoms with Crippen molar-refractivity contribution in [3.8, 4) is 11.8 Å². The van der Waals surface area contributed by atoms with Gasteiger partial charge in [-0.1, -0.05) is 5.16 Å². The predicted molar refractivity (Wildman–Crippen MR) is 107 cm³/mol. The smallest absolute Gasteiger partial charge is 0.347 e. The molecule has 8 nitrogen and oxygen atoms in total. The standard InChI is InChI=1S/C21H22N4O4/c1-27-18-6-4-16(5-7-18)13-24-28-15-21(26)29-19-3-2-10-25(14-19)20-11-17(12-22)8-9-23-20/h4-9,11,13,19H,2-3,10,14-15H2,1H3/b24-13+. The molecule has 1 atom stereocenters. The number of aromatic nitrogens is 1. The number of carbonyl (C=O) groups is 1. The molecular weight excluding hydrogens is 372 g/mol. The minimum atomic E-state index is -0.470. The van der Waals surface area contributed by atoms with E-state index in [0.29, 0.717) is 17.9 Å². The molecule has 29 heavy (non-hydrogen) atoms. The van der Waals surface area contributed by atoms with Crippen LogP contribution in [0, 0.1) is 11.3 Å². The van der Waals surface area contributed by atoms with Crippen LogP contribution in [-0.4, -0.2) is 50.1 Å². The summed E-state index contributed by atoms with van der Waals surface area (Å²) in [6, 6.07) is 12.8. The van der Waals surface area contributed by atoms with Crippen molar-refractivity contribution >= 4 is 18.0 Å². The average Bonchev–Trinajstić information content (AvgIpc) is 2.77. The fraction of sp³-hybridized carbons (Fsp3) is 0.333. The van der Waals surface area contributed by atoms with Crippen LogP contribution in [0.3, 0.4) is 0 Å². The molecule has 1 saturated heterocycles. The quantitative estimate of drug-likeness (QED) is 0.404. The number of hydrogen-bond acceptors (Lipinski definition) is 8. The number of benzene rings is 1. The summed E-state index contributed by atoms with van der Waals surface area (Å²) in [4.78, 5) is 23.4. The number of rotatable bonds is 7. The molecule has 1 unspecified atom stereocenters. The highest BCUT2D eigenvalue weighted by Crippen LogP contribution is 2.20. The summed E-state index contributed by atoms with van der Waals surface area (Å²) in [5, 5.41) is 12.8. The molecule has 2 aromatic rings. The molecule has 8 heteroatoms. The number of oxime groups is 1. The molecule has 2 heterocycles. The number of nitriles is 1. The molecular formula is C21H22N4O4. The van der Waals surface area contributed by atoms with Gasteiger partial charge in [0, 0.05) is 12.7 Å². The molecule has 1 aromatic carbocycles. The Morgan fingerprint density at radius 1 is 1.38 bits per heavy atom. The van der Waals surface area contributed by atoms with Crippen molar-refractivity contribution in [2.24, 2.45) is 5.16 Å². The number of nitrogens with zero attached hydrogens (tertiary/aromatic N) is 4. The van der Waals surface area contributed by atoms with Crippen molar-refractivity contribution in [3.05, 3.63) is 53.7 Å². The van der Waals surface area contributed by atoms with E-state index < -0.39 is 5.97 Å². The van der Waals surface area contributed by atoms with E-state index in [-0.39, 0.29) is 12.7 Å². The molecule has 0 aliphatic carbocycles. The summed E-state index contributed by atoms with van der Waals surface area (Å²) in [7, 11) is 1.60. The van der Waals surface area contributed by atoms with Gasteiger partial charge in [-0.05, 0) is 54.8 Å². The van der Waals surface area contributed by atoms with E-state index in [1.54, 1.807) is 25.4 Å². The van der Waals surface area contributed by atoms with Crippen molar-refractivity contribution in [2.75, 3.05) is 31.7 Å². The Labute approximate surface area is 169 Å². The molecule has 0 saturated carbocycles. The van der Waals surface area contributed by atoms with Crippen LogP contribution in [0.15, 0.2) is 47.8 Å². The first kappa shape index (κ1) is 20.1. The minimum absolute atomic E-state index is 0.252. The van der Waals surface area contributed by atoms with Crippen molar-refractivity contribution in [3.63, 3.8) is 0 Å². The van der Waals surface area contributed by atoms with E-state index in [2.05, 4.69) is 16.2 Å². The zero-order valence-corrected chi connectivity index (χ0v) is 16.2. The monoisotopic (exact) mass is 394 g/mol. The zero-order valence-electron chi connectivity index (χ0n) is 16.2. The van der Waals surface area contributed by atoms with Gasteiger partial charge in [-0.15, -0.1) is 0 Å². The number of ether oxygens (including phenoxy) is 2. The highest BCUT2D eigenvalue weighted by atomic mass is 16.7. The summed E-state index contributed by atoms with van der Waals surface area (Å²) in [6.07, 6.45) is 4.52. The number of methoxy groups -OCH3 is 1. The van der Waals surface area contributed by atoms with Crippen molar-refractivity contribution in [1.82, 2.24) is 4.98 Å². The zero-order chi connectivity index (χ0) is 20.5. The highest BCUT2D eigenvalue weighted by Gasteiger charge is 2.24. The number of esters is 1. The van der Waals surface area contributed by atoms with Gasteiger partial charge in [0.2, 0.25) is 6.61 Å². The normalized spacial score (nSPS) is 16.3. The Kier molecular flexibility index (Phi) is 7.00. The van der Waals surface area contributed by atoms with Gasteiger partial charge in [0.1, 0.15) is 17.7 Å². The Hall–Kier alpha value is -3.60. The van der Waals surface area contributed by atoms with Crippen LogP contribution in [-0.2, 0) is 14.4 Å². The number of pyridine rings is 1. The first-order valence-electron chi connectivity index (χ1n) is 9.28. The maximum absolute atomic E-state index is 12.0. The largest absolute Gasteiger partial charge is 0.497 e. The van der Waals surface area contributed by atoms with Gasteiger partial charge in [-0.3, -0.25) is 0 Å². The maximum atomic E-state index is 12.0. The van der Waals surface area contributed by atoms with E-state index in [4.69, 9.17) is 19.6 Å². The third kappa shape index (κ3) is 5.94. The predicted octanol–water partition coefficient (Wildman–Crippen LogP) is 2.52. The van der Waals surface area contributed by atoms with Crippen LogP contribution in [0.4, 0.5) is 5.82 Å². The molecule has 0 spiro atoms. The van der Waals surface area contributed by atoms with E-state index in [9.17, 15) is 4.79 Å². The molecule has 0 N–H and O–H groups in total. The molecule has 0 amide bonds. The first-order chi connectivity index (χ1) is 14.2. The molecule has 1 aliphatic rings. The summed E-state index contributed by atoms with van der Waals surface area (Å²) < 4.78 is 10.6. The maximum Gasteiger partial charge on any atom is 0.347 e. The number of carbonyl (C=O) groups excluding carboxylic acids is 1. The van der Waals surface area contributed by atoms with E-state index in [1.165, 1.54) is 6.21 Å². The summed E-state index contributed by atoms with van der Waals surface area (Å²) in [5.74, 6) is 0.996. The molecule has 0 bridgehead atoms. The van der Waals surface area contributed by atoms with Gasteiger partial charge in [-0.2, -0.15) is 5.26 Å². The second-order valence-corrected chi connectivity index (χ2v) is 6.50. The summed E-state index contributed by atoms with van der Waals surface area (Å²) in [6.45, 7) is 1.08. The number of hydrogen-bond donors (Lipinski definition) is 0. The fourth-order valence-corrected chi connectivity index (χ4v) is 3.00. The van der Waals surface area contributed by atoms with Crippen molar-refractivity contribution in [1.29, 1.82) is 5.26 Å². The minimum Gasteiger partial charge on any atom is -0.497 e. The fourth-order valence-electron chi connectivity index (χ4n) is 3.00. The van der Waals surface area contributed by atoms with E-state index >= 15 is 0 Å². The van der Waals surface area contributed by atoms with Gasteiger partial charge < -0.3 is 19.2 Å². The molecule has 1 aliphatic heterocycles. The average molecular weight is 394 g/mol. The molecule has 150 valence electrons. The van der Waals surface area contributed by atoms with Crippen LogP contribution in [0.2, 0.25) is 0 Å². The van der Waals surface area contributed by atoms with Gasteiger partial charge in [0.25, 0.3) is 0 Å². The van der Waals surface area contributed by atoms with E-state index in [1.807, 2.05) is 29.2 Å². The molecule has 0 radical (unpaired) electrons. The van der Waals surface area contributed by atoms with Crippen molar-refractivity contribution < 1.29 is 19.1 Å². The third-order valence-electron chi connectivity index (χ3n) is 4.45. The Morgan fingerprint density at radius 3 is 2.97 bits per heavy atom. The molecule has 1 aromatic heterocycles. The van der Waals surface area contributed by atoms with Gasteiger partial charge in [0.15, 0.2) is 0 Å². The van der Waals surface area contributed by atoms with Crippen LogP contribution < -0.4 is 9.64 Å². The van der Waals surface area contributed by atoms with Crippen LogP contribution in [0.1, 0.15) is 24.0 Å². The Bertz CT molecular complexity index is 892. The second kappa shape index (κ2) is 10.1. The lowest BCUT2D eigenvalue weighted by Gasteiger charge is -2.33. The number of anilines is 1. The lowest BCUT2D eigenvalue weighted by Crippen LogP contribution is -2.41.